The summed E-state index contributed by atoms with van der Waals surface area (Å²) in [6.07, 6.45) is 0. The van der Waals surface area contributed by atoms with Crippen LogP contribution in [0.5, 0.6) is 0 Å². The van der Waals surface area contributed by atoms with Crippen molar-refractivity contribution < 1.29 is 0 Å². The van der Waals surface area contributed by atoms with E-state index in [9.17, 15) is 0 Å². The van der Waals surface area contributed by atoms with Gasteiger partial charge in [-0.2, -0.15) is 0 Å². The molecular weight excluding hydrogens is 420 g/mol. The molecule has 33 heavy (non-hydrogen) atoms. The molecule has 0 saturated heterocycles. The van der Waals surface area contributed by atoms with Crippen LogP contribution in [0.3, 0.4) is 0 Å². The molecule has 0 amide bonds. The highest BCUT2D eigenvalue weighted by atomic mass is 35.5. The third kappa shape index (κ3) is 2.27. The van der Waals surface area contributed by atoms with Crippen LogP contribution in [0.1, 0.15) is 47.2 Å². The first-order valence-corrected chi connectivity index (χ1v) is 11.9. The molecule has 158 valence electrons. The van der Waals surface area contributed by atoms with Crippen LogP contribution in [0.2, 0.25) is 5.02 Å². The lowest BCUT2D eigenvalue weighted by molar-refractivity contribution is 0.563. The minimum absolute atomic E-state index is 0.0865. The van der Waals surface area contributed by atoms with E-state index in [-0.39, 0.29) is 10.8 Å². The molecular formula is C32H23Cl. The van der Waals surface area contributed by atoms with Gasteiger partial charge in [0.2, 0.25) is 0 Å². The van der Waals surface area contributed by atoms with Gasteiger partial charge in [-0.3, -0.25) is 0 Å². The standard InChI is InChI=1S/C32H23Cl/c1-31(2)25-11-5-7-13-27(25)32(28-14-8-6-12-26(28)31)29-18-21-10-4-3-9-20(21)17-24(29)23-16-15-22(33)19-30(23)32/h3-19H,1-2H3. The molecule has 7 rings (SSSR count). The van der Waals surface area contributed by atoms with Crippen molar-refractivity contribution in [2.75, 3.05) is 0 Å². The molecule has 0 unspecified atom stereocenters. The van der Waals surface area contributed by atoms with Crippen molar-refractivity contribution in [3.63, 3.8) is 0 Å². The normalized spacial score (nSPS) is 16.2. The van der Waals surface area contributed by atoms with Gasteiger partial charge in [-0.15, -0.1) is 0 Å². The lowest BCUT2D eigenvalue weighted by atomic mass is 9.55. The molecule has 1 heteroatoms. The first kappa shape index (κ1) is 19.1. The summed E-state index contributed by atoms with van der Waals surface area (Å²) in [5.41, 5.74) is 10.3. The van der Waals surface area contributed by atoms with Crippen molar-refractivity contribution in [3.05, 3.63) is 142 Å². The van der Waals surface area contributed by atoms with Crippen LogP contribution in [0.25, 0.3) is 21.9 Å². The Kier molecular flexibility index (Phi) is 3.70. The number of halogens is 1. The Morgan fingerprint density at radius 2 is 1.00 bits per heavy atom. The average Bonchev–Trinajstić information content (AvgIpc) is 3.11. The summed E-state index contributed by atoms with van der Waals surface area (Å²) in [6, 6.07) is 38.0. The van der Waals surface area contributed by atoms with Gasteiger partial charge in [0.05, 0.1) is 5.41 Å². The molecule has 0 radical (unpaired) electrons. The number of benzene rings is 5. The van der Waals surface area contributed by atoms with E-state index >= 15 is 0 Å². The molecule has 0 atom stereocenters. The fourth-order valence-corrected chi connectivity index (χ4v) is 6.73. The summed E-state index contributed by atoms with van der Waals surface area (Å²) in [4.78, 5) is 0. The highest BCUT2D eigenvalue weighted by molar-refractivity contribution is 6.30. The molecule has 5 aromatic carbocycles. The third-order valence-corrected chi connectivity index (χ3v) is 8.21. The third-order valence-electron chi connectivity index (χ3n) is 7.97. The summed E-state index contributed by atoms with van der Waals surface area (Å²) >= 11 is 6.68. The van der Waals surface area contributed by atoms with Crippen molar-refractivity contribution >= 4 is 22.4 Å². The van der Waals surface area contributed by atoms with Gasteiger partial charge in [-0.1, -0.05) is 104 Å². The Balaban J connectivity index is 1.75. The summed E-state index contributed by atoms with van der Waals surface area (Å²) in [6.45, 7) is 4.71. The predicted octanol–water partition coefficient (Wildman–Crippen LogP) is 8.50. The Bertz CT molecular complexity index is 1560. The van der Waals surface area contributed by atoms with Crippen molar-refractivity contribution in [1.29, 1.82) is 0 Å². The zero-order valence-corrected chi connectivity index (χ0v) is 19.4. The van der Waals surface area contributed by atoms with Crippen molar-refractivity contribution in [1.82, 2.24) is 0 Å². The van der Waals surface area contributed by atoms with Crippen LogP contribution >= 0.6 is 11.6 Å². The van der Waals surface area contributed by atoms with Gasteiger partial charge in [0.1, 0.15) is 0 Å². The summed E-state index contributed by atoms with van der Waals surface area (Å²) in [7, 11) is 0. The summed E-state index contributed by atoms with van der Waals surface area (Å²) in [5, 5.41) is 3.33. The van der Waals surface area contributed by atoms with E-state index in [0.717, 1.165) is 5.02 Å². The molecule has 0 nitrogen and oxygen atoms in total. The Labute approximate surface area is 199 Å². The highest BCUT2D eigenvalue weighted by Crippen LogP contribution is 2.62. The van der Waals surface area contributed by atoms with Crippen LogP contribution in [0, 0.1) is 0 Å². The van der Waals surface area contributed by atoms with Crippen LogP contribution in [0.15, 0.2) is 103 Å². The Morgan fingerprint density at radius 3 is 1.64 bits per heavy atom. The molecule has 0 fully saturated rings. The predicted molar refractivity (Wildman–Crippen MR) is 138 cm³/mol. The maximum atomic E-state index is 6.68. The molecule has 0 heterocycles. The highest BCUT2D eigenvalue weighted by Gasteiger charge is 2.53. The average molecular weight is 443 g/mol. The summed E-state index contributed by atoms with van der Waals surface area (Å²) < 4.78 is 0. The Morgan fingerprint density at radius 1 is 0.485 bits per heavy atom. The molecule has 0 aromatic heterocycles. The molecule has 1 spiro atoms. The molecule has 0 bridgehead atoms. The van der Waals surface area contributed by atoms with E-state index in [2.05, 4.69) is 111 Å². The van der Waals surface area contributed by atoms with Gasteiger partial charge in [-0.05, 0) is 79.5 Å². The second-order valence-electron chi connectivity index (χ2n) is 9.90. The van der Waals surface area contributed by atoms with Gasteiger partial charge in [0.25, 0.3) is 0 Å². The second-order valence-corrected chi connectivity index (χ2v) is 10.3. The lowest BCUT2D eigenvalue weighted by Crippen LogP contribution is -2.40. The van der Waals surface area contributed by atoms with E-state index in [1.807, 2.05) is 6.07 Å². The number of fused-ring (bicyclic) bond motifs is 10. The van der Waals surface area contributed by atoms with E-state index in [1.165, 1.54) is 55.3 Å². The molecule has 2 aliphatic rings. The fourth-order valence-electron chi connectivity index (χ4n) is 6.56. The van der Waals surface area contributed by atoms with Crippen LogP contribution in [0.4, 0.5) is 0 Å². The first-order valence-electron chi connectivity index (χ1n) is 11.6. The van der Waals surface area contributed by atoms with Gasteiger partial charge in [-0.25, -0.2) is 0 Å². The summed E-state index contributed by atoms with van der Waals surface area (Å²) in [5.74, 6) is 0. The van der Waals surface area contributed by atoms with E-state index in [1.54, 1.807) is 0 Å². The van der Waals surface area contributed by atoms with Gasteiger partial charge in [0.15, 0.2) is 0 Å². The molecule has 0 N–H and O–H groups in total. The number of hydrogen-bond donors (Lipinski definition) is 0. The van der Waals surface area contributed by atoms with Crippen LogP contribution in [-0.2, 0) is 10.8 Å². The lowest BCUT2D eigenvalue weighted by Gasteiger charge is -2.46. The van der Waals surface area contributed by atoms with Crippen molar-refractivity contribution in [2.24, 2.45) is 0 Å². The van der Waals surface area contributed by atoms with Gasteiger partial charge >= 0.3 is 0 Å². The minimum atomic E-state index is -0.387. The number of hydrogen-bond acceptors (Lipinski definition) is 0. The first-order chi connectivity index (χ1) is 16.0. The van der Waals surface area contributed by atoms with Crippen LogP contribution < -0.4 is 0 Å². The monoisotopic (exact) mass is 442 g/mol. The molecule has 5 aromatic rings. The molecule has 0 aliphatic heterocycles. The molecule has 0 saturated carbocycles. The quantitative estimate of drug-likeness (QED) is 0.221. The van der Waals surface area contributed by atoms with Crippen LogP contribution in [-0.4, -0.2) is 0 Å². The zero-order valence-electron chi connectivity index (χ0n) is 18.7. The smallest absolute Gasteiger partial charge is 0.0720 e. The van der Waals surface area contributed by atoms with Gasteiger partial charge < -0.3 is 0 Å². The second kappa shape index (κ2) is 6.37. The maximum absolute atomic E-state index is 6.68. The minimum Gasteiger partial charge on any atom is -0.0843 e. The molecule has 2 aliphatic carbocycles. The zero-order chi connectivity index (χ0) is 22.4. The van der Waals surface area contributed by atoms with E-state index < -0.39 is 0 Å². The Hall–Kier alpha value is -3.35. The fraction of sp³-hybridized carbons (Fsp3) is 0.125. The van der Waals surface area contributed by atoms with Gasteiger partial charge in [0, 0.05) is 10.4 Å². The van der Waals surface area contributed by atoms with Crippen molar-refractivity contribution in [3.8, 4) is 11.1 Å². The topological polar surface area (TPSA) is 0 Å². The SMILES string of the molecule is CC1(C)c2ccccc2C2(c3cc(Cl)ccc3-c3cc4ccccc4cc32)c2ccccc21. The maximum Gasteiger partial charge on any atom is 0.0720 e. The largest absolute Gasteiger partial charge is 0.0843 e. The van der Waals surface area contributed by atoms with Crippen molar-refractivity contribution in [2.45, 2.75) is 24.7 Å². The number of rotatable bonds is 0. The van der Waals surface area contributed by atoms with E-state index in [0.29, 0.717) is 0 Å². The van der Waals surface area contributed by atoms with E-state index in [4.69, 9.17) is 11.6 Å².